The van der Waals surface area contributed by atoms with Gasteiger partial charge in [-0.25, -0.2) is 0 Å². The van der Waals surface area contributed by atoms with Gasteiger partial charge in [-0.2, -0.15) is 0 Å². The Balaban J connectivity index is 2.06. The van der Waals surface area contributed by atoms with Gasteiger partial charge in [0.05, 0.1) is 6.10 Å². The lowest BCUT2D eigenvalue weighted by Gasteiger charge is -2.18. The van der Waals surface area contributed by atoms with E-state index in [2.05, 4.69) is 38.1 Å². The van der Waals surface area contributed by atoms with Crippen LogP contribution < -0.4 is 0 Å². The minimum absolute atomic E-state index is 0.169. The third-order valence-corrected chi connectivity index (χ3v) is 3.98. The zero-order valence-corrected chi connectivity index (χ0v) is 10.5. The Morgan fingerprint density at radius 1 is 1.12 bits per heavy atom. The molecule has 0 bridgehead atoms. The van der Waals surface area contributed by atoms with Crippen LogP contribution in [0.5, 0.6) is 0 Å². The summed E-state index contributed by atoms with van der Waals surface area (Å²) in [6.07, 6.45) is 3.22. The van der Waals surface area contributed by atoms with Crippen molar-refractivity contribution in [3.63, 3.8) is 0 Å². The fraction of sp³-hybridized carbons (Fsp3) is 0.600. The van der Waals surface area contributed by atoms with Crippen LogP contribution in [0.15, 0.2) is 24.3 Å². The van der Waals surface area contributed by atoms with Gasteiger partial charge in [0.15, 0.2) is 0 Å². The van der Waals surface area contributed by atoms with Crippen LogP contribution in [0.25, 0.3) is 0 Å². The lowest BCUT2D eigenvalue weighted by Crippen LogP contribution is -2.20. The standard InChI is InChI=1S/C15H22O/c1-11(2)14-6-4-13(5-7-14)10-15(8-9-15)12(3)16/h4-7,11-12,16H,8-10H2,1-3H3. The van der Waals surface area contributed by atoms with E-state index < -0.39 is 0 Å². The highest BCUT2D eigenvalue weighted by molar-refractivity contribution is 5.26. The Labute approximate surface area is 98.5 Å². The normalized spacial score (nSPS) is 19.8. The monoisotopic (exact) mass is 218 g/mol. The molecule has 1 nitrogen and oxygen atoms in total. The first-order valence-electron chi connectivity index (χ1n) is 6.30. The van der Waals surface area contributed by atoms with Crippen molar-refractivity contribution in [2.75, 3.05) is 0 Å². The first kappa shape index (κ1) is 11.7. The van der Waals surface area contributed by atoms with E-state index >= 15 is 0 Å². The molecule has 0 amide bonds. The van der Waals surface area contributed by atoms with Crippen LogP contribution in [0.4, 0.5) is 0 Å². The van der Waals surface area contributed by atoms with E-state index in [1.807, 2.05) is 6.92 Å². The largest absolute Gasteiger partial charge is 0.393 e. The van der Waals surface area contributed by atoms with E-state index in [0.29, 0.717) is 5.92 Å². The molecule has 2 rings (SSSR count). The quantitative estimate of drug-likeness (QED) is 0.820. The van der Waals surface area contributed by atoms with Crippen molar-refractivity contribution in [2.24, 2.45) is 5.41 Å². The van der Waals surface area contributed by atoms with Gasteiger partial charge in [0.1, 0.15) is 0 Å². The first-order chi connectivity index (χ1) is 7.53. The van der Waals surface area contributed by atoms with Gasteiger partial charge in [-0.1, -0.05) is 38.1 Å². The molecular weight excluding hydrogens is 196 g/mol. The van der Waals surface area contributed by atoms with Crippen molar-refractivity contribution in [3.8, 4) is 0 Å². The molecule has 1 aliphatic rings. The zero-order valence-electron chi connectivity index (χ0n) is 10.5. The van der Waals surface area contributed by atoms with Gasteiger partial charge >= 0.3 is 0 Å². The van der Waals surface area contributed by atoms with E-state index in [0.717, 1.165) is 6.42 Å². The first-order valence-corrected chi connectivity index (χ1v) is 6.30. The molecule has 0 radical (unpaired) electrons. The fourth-order valence-corrected chi connectivity index (χ4v) is 2.33. The van der Waals surface area contributed by atoms with Crippen LogP contribution in [-0.2, 0) is 6.42 Å². The van der Waals surface area contributed by atoms with E-state index in [1.165, 1.54) is 24.0 Å². The second-order valence-electron chi connectivity index (χ2n) is 5.61. The van der Waals surface area contributed by atoms with Crippen molar-refractivity contribution in [1.29, 1.82) is 0 Å². The van der Waals surface area contributed by atoms with Gasteiger partial charge in [-0.15, -0.1) is 0 Å². The van der Waals surface area contributed by atoms with Gasteiger partial charge in [0.25, 0.3) is 0 Å². The molecule has 1 saturated carbocycles. The zero-order chi connectivity index (χ0) is 11.8. The molecular formula is C15H22O. The predicted octanol–water partition coefficient (Wildman–Crippen LogP) is 3.51. The van der Waals surface area contributed by atoms with Crippen molar-refractivity contribution in [2.45, 2.75) is 52.1 Å². The average molecular weight is 218 g/mol. The Kier molecular flexibility index (Phi) is 3.07. The fourth-order valence-electron chi connectivity index (χ4n) is 2.33. The lowest BCUT2D eigenvalue weighted by molar-refractivity contribution is 0.110. The molecule has 16 heavy (non-hydrogen) atoms. The van der Waals surface area contributed by atoms with Gasteiger partial charge in [0, 0.05) is 5.41 Å². The van der Waals surface area contributed by atoms with E-state index in [4.69, 9.17) is 0 Å². The summed E-state index contributed by atoms with van der Waals surface area (Å²) in [4.78, 5) is 0. The second kappa shape index (κ2) is 4.21. The molecule has 0 spiro atoms. The molecule has 0 saturated heterocycles. The molecule has 0 aromatic heterocycles. The summed E-state index contributed by atoms with van der Waals surface area (Å²) in [5.74, 6) is 0.598. The van der Waals surface area contributed by atoms with Crippen molar-refractivity contribution < 1.29 is 5.11 Å². The average Bonchev–Trinajstić information content (AvgIpc) is 3.00. The lowest BCUT2D eigenvalue weighted by atomic mass is 9.90. The van der Waals surface area contributed by atoms with Gasteiger partial charge in [0.2, 0.25) is 0 Å². The molecule has 1 aromatic rings. The summed E-state index contributed by atoms with van der Waals surface area (Å²) < 4.78 is 0. The van der Waals surface area contributed by atoms with Crippen LogP contribution in [0.3, 0.4) is 0 Å². The van der Waals surface area contributed by atoms with E-state index in [1.54, 1.807) is 0 Å². The minimum atomic E-state index is -0.169. The third kappa shape index (κ3) is 2.30. The number of aliphatic hydroxyl groups excluding tert-OH is 1. The van der Waals surface area contributed by atoms with Crippen LogP contribution in [-0.4, -0.2) is 11.2 Å². The van der Waals surface area contributed by atoms with Crippen LogP contribution in [0, 0.1) is 5.41 Å². The summed E-state index contributed by atoms with van der Waals surface area (Å²) in [6.45, 7) is 6.36. The minimum Gasteiger partial charge on any atom is -0.393 e. The molecule has 1 aliphatic carbocycles. The molecule has 1 aromatic carbocycles. The number of benzene rings is 1. The van der Waals surface area contributed by atoms with Crippen molar-refractivity contribution in [3.05, 3.63) is 35.4 Å². The van der Waals surface area contributed by atoms with Crippen LogP contribution >= 0.6 is 0 Å². The molecule has 88 valence electrons. The van der Waals surface area contributed by atoms with Gasteiger partial charge < -0.3 is 5.11 Å². The third-order valence-electron chi connectivity index (χ3n) is 3.98. The summed E-state index contributed by atoms with van der Waals surface area (Å²) in [5, 5.41) is 9.75. The Bertz CT molecular complexity index is 344. The summed E-state index contributed by atoms with van der Waals surface area (Å²) in [6, 6.07) is 8.88. The predicted molar refractivity (Wildman–Crippen MR) is 67.6 cm³/mol. The molecule has 0 aliphatic heterocycles. The molecule has 1 unspecified atom stereocenters. The maximum absolute atomic E-state index is 9.75. The summed E-state index contributed by atoms with van der Waals surface area (Å²) in [7, 11) is 0. The van der Waals surface area contributed by atoms with E-state index in [9.17, 15) is 5.11 Å². The molecule has 1 atom stereocenters. The summed E-state index contributed by atoms with van der Waals surface area (Å²) in [5.41, 5.74) is 2.95. The highest BCUT2D eigenvalue weighted by Crippen LogP contribution is 2.51. The van der Waals surface area contributed by atoms with Gasteiger partial charge in [-0.05, 0) is 43.2 Å². The Morgan fingerprint density at radius 2 is 1.69 bits per heavy atom. The topological polar surface area (TPSA) is 20.2 Å². The SMILES string of the molecule is CC(C)c1ccc(CC2(C(C)O)CC2)cc1. The van der Waals surface area contributed by atoms with E-state index in [-0.39, 0.29) is 11.5 Å². The van der Waals surface area contributed by atoms with Crippen molar-refractivity contribution >= 4 is 0 Å². The molecule has 1 N–H and O–H groups in total. The maximum atomic E-state index is 9.75. The summed E-state index contributed by atoms with van der Waals surface area (Å²) >= 11 is 0. The van der Waals surface area contributed by atoms with Crippen LogP contribution in [0.2, 0.25) is 0 Å². The molecule has 1 fully saturated rings. The van der Waals surface area contributed by atoms with Crippen molar-refractivity contribution in [1.82, 2.24) is 0 Å². The number of hydrogen-bond donors (Lipinski definition) is 1. The maximum Gasteiger partial charge on any atom is 0.0571 e. The highest BCUT2D eigenvalue weighted by atomic mass is 16.3. The molecule has 0 heterocycles. The Morgan fingerprint density at radius 3 is 2.06 bits per heavy atom. The number of hydrogen-bond acceptors (Lipinski definition) is 1. The Hall–Kier alpha value is -0.820. The second-order valence-corrected chi connectivity index (χ2v) is 5.61. The van der Waals surface area contributed by atoms with Gasteiger partial charge in [-0.3, -0.25) is 0 Å². The highest BCUT2D eigenvalue weighted by Gasteiger charge is 2.46. The van der Waals surface area contributed by atoms with Crippen LogP contribution in [0.1, 0.15) is 50.7 Å². The number of aliphatic hydroxyl groups is 1. The number of rotatable bonds is 4. The smallest absolute Gasteiger partial charge is 0.0571 e. The molecule has 1 heteroatoms.